The Balaban J connectivity index is 2.03. The fourth-order valence-corrected chi connectivity index (χ4v) is 2.53. The van der Waals surface area contributed by atoms with E-state index in [2.05, 4.69) is 17.2 Å². The average Bonchev–Trinajstić information content (AvgIpc) is 3.05. The first-order valence-electron chi connectivity index (χ1n) is 7.21. The van der Waals surface area contributed by atoms with E-state index in [0.717, 1.165) is 32.5 Å². The predicted octanol–water partition coefficient (Wildman–Crippen LogP) is 1.41. The van der Waals surface area contributed by atoms with Gasteiger partial charge in [0, 0.05) is 26.2 Å². The minimum absolute atomic E-state index is 0.0992. The molecule has 1 aromatic heterocycles. The first-order valence-corrected chi connectivity index (χ1v) is 7.21. The zero-order valence-corrected chi connectivity index (χ0v) is 11.9. The number of unbranched alkanes of at least 4 members (excludes halogenated alkanes) is 1. The molecule has 2 rings (SSSR count). The van der Waals surface area contributed by atoms with E-state index in [9.17, 15) is 4.79 Å². The van der Waals surface area contributed by atoms with Crippen molar-refractivity contribution in [3.8, 4) is 0 Å². The molecule has 0 aliphatic carbocycles. The number of nitrogens with zero attached hydrogens (tertiary/aromatic N) is 3. The van der Waals surface area contributed by atoms with Gasteiger partial charge >= 0.3 is 0 Å². The Morgan fingerprint density at radius 3 is 3.05 bits per heavy atom. The van der Waals surface area contributed by atoms with Crippen LogP contribution in [0.1, 0.15) is 43.1 Å². The summed E-state index contributed by atoms with van der Waals surface area (Å²) in [5, 5.41) is 3.46. The molecule has 1 aliphatic rings. The Labute approximate surface area is 115 Å². The highest BCUT2D eigenvalue weighted by atomic mass is 16.2. The number of aromatic nitrogens is 2. The largest absolute Gasteiger partial charge is 0.336 e. The van der Waals surface area contributed by atoms with Crippen molar-refractivity contribution in [2.75, 3.05) is 19.6 Å². The lowest BCUT2D eigenvalue weighted by molar-refractivity contribution is 0.0730. The van der Waals surface area contributed by atoms with Gasteiger partial charge in [0.05, 0.1) is 12.5 Å². The van der Waals surface area contributed by atoms with Crippen molar-refractivity contribution in [2.45, 2.75) is 38.6 Å². The van der Waals surface area contributed by atoms with Crippen LogP contribution in [0, 0.1) is 0 Å². The van der Waals surface area contributed by atoms with E-state index in [1.54, 1.807) is 17.1 Å². The smallest absolute Gasteiger partial charge is 0.272 e. The van der Waals surface area contributed by atoms with Crippen LogP contribution in [0.5, 0.6) is 0 Å². The van der Waals surface area contributed by atoms with Crippen molar-refractivity contribution in [3.05, 3.63) is 18.2 Å². The highest BCUT2D eigenvalue weighted by molar-refractivity contribution is 5.92. The van der Waals surface area contributed by atoms with E-state index in [4.69, 9.17) is 0 Å². The van der Waals surface area contributed by atoms with Gasteiger partial charge in [0.15, 0.2) is 0 Å². The summed E-state index contributed by atoms with van der Waals surface area (Å²) >= 11 is 0. The molecule has 1 saturated heterocycles. The molecule has 5 heteroatoms. The van der Waals surface area contributed by atoms with Crippen LogP contribution in [0.2, 0.25) is 0 Å². The van der Waals surface area contributed by atoms with Gasteiger partial charge in [0.1, 0.15) is 5.69 Å². The summed E-state index contributed by atoms with van der Waals surface area (Å²) in [7, 11) is 1.87. The van der Waals surface area contributed by atoms with E-state index in [-0.39, 0.29) is 5.91 Å². The monoisotopic (exact) mass is 264 g/mol. The molecule has 1 aliphatic heterocycles. The number of nitrogens with one attached hydrogen (secondary N) is 1. The molecule has 0 saturated carbocycles. The van der Waals surface area contributed by atoms with E-state index in [1.165, 1.54) is 12.8 Å². The van der Waals surface area contributed by atoms with Crippen LogP contribution in [0.25, 0.3) is 0 Å². The quantitative estimate of drug-likeness (QED) is 0.845. The molecule has 5 nitrogen and oxygen atoms in total. The van der Waals surface area contributed by atoms with Gasteiger partial charge in [-0.2, -0.15) is 0 Å². The van der Waals surface area contributed by atoms with Crippen LogP contribution in [0.15, 0.2) is 12.5 Å². The maximum absolute atomic E-state index is 12.6. The van der Waals surface area contributed by atoms with Gasteiger partial charge in [-0.1, -0.05) is 13.3 Å². The fraction of sp³-hybridized carbons (Fsp3) is 0.714. The Hall–Kier alpha value is -1.36. The number of aryl methyl sites for hydroxylation is 1. The molecule has 1 aromatic rings. The summed E-state index contributed by atoms with van der Waals surface area (Å²) in [5.41, 5.74) is 0.675. The maximum atomic E-state index is 12.6. The van der Waals surface area contributed by atoms with E-state index in [1.807, 2.05) is 11.9 Å². The normalized spacial score (nSPS) is 18.7. The SMILES string of the molecule is CCCCN(CC1CCCN1)C(=O)c1cncn1C. The number of hydrogen-bond donors (Lipinski definition) is 1. The molecule has 1 amide bonds. The summed E-state index contributed by atoms with van der Waals surface area (Å²) in [6.07, 6.45) is 7.87. The second-order valence-corrected chi connectivity index (χ2v) is 5.29. The molecule has 0 aromatic carbocycles. The standard InChI is InChI=1S/C14H24N4O/c1-3-4-8-18(10-12-6-5-7-16-12)14(19)13-9-15-11-17(13)2/h9,11-12,16H,3-8,10H2,1-2H3. The number of carbonyl (C=O) groups is 1. The lowest BCUT2D eigenvalue weighted by Gasteiger charge is -2.25. The highest BCUT2D eigenvalue weighted by Crippen LogP contribution is 2.11. The lowest BCUT2D eigenvalue weighted by Crippen LogP contribution is -2.42. The Morgan fingerprint density at radius 2 is 2.47 bits per heavy atom. The molecule has 106 valence electrons. The second kappa shape index (κ2) is 6.70. The second-order valence-electron chi connectivity index (χ2n) is 5.29. The summed E-state index contributed by atoms with van der Waals surface area (Å²) in [6.45, 7) is 4.87. The van der Waals surface area contributed by atoms with Crippen LogP contribution in [-0.4, -0.2) is 46.0 Å². The Bertz CT molecular complexity index is 409. The third kappa shape index (κ3) is 3.56. The maximum Gasteiger partial charge on any atom is 0.272 e. The van der Waals surface area contributed by atoms with Gasteiger partial charge in [-0.25, -0.2) is 4.98 Å². The van der Waals surface area contributed by atoms with Crippen LogP contribution in [-0.2, 0) is 7.05 Å². The number of rotatable bonds is 6. The predicted molar refractivity (Wildman–Crippen MR) is 75.0 cm³/mol. The van der Waals surface area contributed by atoms with Gasteiger partial charge in [0.25, 0.3) is 5.91 Å². The van der Waals surface area contributed by atoms with Crippen LogP contribution >= 0.6 is 0 Å². The topological polar surface area (TPSA) is 50.2 Å². The number of imidazole rings is 1. The van der Waals surface area contributed by atoms with E-state index >= 15 is 0 Å². The first kappa shape index (κ1) is 14.1. The zero-order valence-electron chi connectivity index (χ0n) is 11.9. The van der Waals surface area contributed by atoms with Crippen LogP contribution in [0.4, 0.5) is 0 Å². The van der Waals surface area contributed by atoms with Crippen molar-refractivity contribution in [1.82, 2.24) is 19.8 Å². The van der Waals surface area contributed by atoms with Crippen molar-refractivity contribution in [3.63, 3.8) is 0 Å². The molecule has 1 fully saturated rings. The van der Waals surface area contributed by atoms with Gasteiger partial charge in [-0.15, -0.1) is 0 Å². The number of carbonyl (C=O) groups excluding carboxylic acids is 1. The summed E-state index contributed by atoms with van der Waals surface area (Å²) in [5.74, 6) is 0.0992. The molecule has 19 heavy (non-hydrogen) atoms. The number of hydrogen-bond acceptors (Lipinski definition) is 3. The molecular weight excluding hydrogens is 240 g/mol. The van der Waals surface area contributed by atoms with Gasteiger partial charge in [-0.05, 0) is 25.8 Å². The number of amides is 1. The van der Waals surface area contributed by atoms with Crippen molar-refractivity contribution in [2.24, 2.45) is 7.05 Å². The van der Waals surface area contributed by atoms with Gasteiger partial charge < -0.3 is 14.8 Å². The minimum Gasteiger partial charge on any atom is -0.336 e. The molecule has 0 radical (unpaired) electrons. The molecule has 0 spiro atoms. The fourth-order valence-electron chi connectivity index (χ4n) is 2.53. The molecular formula is C14H24N4O. The molecule has 0 bridgehead atoms. The van der Waals surface area contributed by atoms with E-state index in [0.29, 0.717) is 11.7 Å². The third-order valence-corrected chi connectivity index (χ3v) is 3.71. The van der Waals surface area contributed by atoms with Crippen LogP contribution < -0.4 is 5.32 Å². The molecule has 2 heterocycles. The molecule has 1 unspecified atom stereocenters. The van der Waals surface area contributed by atoms with E-state index < -0.39 is 0 Å². The molecule has 1 atom stereocenters. The van der Waals surface area contributed by atoms with Crippen molar-refractivity contribution < 1.29 is 4.79 Å². The Kier molecular flexibility index (Phi) is 4.96. The summed E-state index contributed by atoms with van der Waals surface area (Å²) in [6, 6.07) is 0.453. The third-order valence-electron chi connectivity index (χ3n) is 3.71. The van der Waals surface area contributed by atoms with Crippen LogP contribution in [0.3, 0.4) is 0 Å². The average molecular weight is 264 g/mol. The summed E-state index contributed by atoms with van der Waals surface area (Å²) < 4.78 is 1.79. The highest BCUT2D eigenvalue weighted by Gasteiger charge is 2.23. The van der Waals surface area contributed by atoms with Gasteiger partial charge in [0.2, 0.25) is 0 Å². The Morgan fingerprint density at radius 1 is 1.63 bits per heavy atom. The van der Waals surface area contributed by atoms with Gasteiger partial charge in [-0.3, -0.25) is 4.79 Å². The van der Waals surface area contributed by atoms with Crippen molar-refractivity contribution >= 4 is 5.91 Å². The van der Waals surface area contributed by atoms with Crippen molar-refractivity contribution in [1.29, 1.82) is 0 Å². The summed E-state index contributed by atoms with van der Waals surface area (Å²) in [4.78, 5) is 18.6. The minimum atomic E-state index is 0.0992. The first-order chi connectivity index (χ1) is 9.22. The zero-order chi connectivity index (χ0) is 13.7. The lowest BCUT2D eigenvalue weighted by atomic mass is 10.2. The molecule has 1 N–H and O–H groups in total.